The minimum Gasteiger partial charge on any atom is -0.394 e. The Morgan fingerprint density at radius 2 is 2.13 bits per heavy atom. The predicted molar refractivity (Wildman–Crippen MR) is 61.4 cm³/mol. The number of carbonyl (C=O) groups excluding carboxylic acids is 1. The van der Waals surface area contributed by atoms with E-state index in [1.807, 2.05) is 20.8 Å². The summed E-state index contributed by atoms with van der Waals surface area (Å²) in [5, 5.41) is 12.0. The highest BCUT2D eigenvalue weighted by molar-refractivity contribution is 5.79. The van der Waals surface area contributed by atoms with Gasteiger partial charge in [-0.15, -0.1) is 0 Å². The summed E-state index contributed by atoms with van der Waals surface area (Å²) in [5.74, 6) is -0.176. The summed E-state index contributed by atoms with van der Waals surface area (Å²) in [4.78, 5) is 11.8. The van der Waals surface area contributed by atoms with Crippen LogP contribution in [0, 0.1) is 5.92 Å². The van der Waals surface area contributed by atoms with Crippen molar-refractivity contribution in [1.29, 1.82) is 0 Å². The van der Waals surface area contributed by atoms with Gasteiger partial charge in [0.1, 0.15) is 0 Å². The predicted octanol–water partition coefficient (Wildman–Crippen LogP) is 0.639. The summed E-state index contributed by atoms with van der Waals surface area (Å²) in [6.45, 7) is 6.13. The molecule has 0 saturated heterocycles. The van der Waals surface area contributed by atoms with Gasteiger partial charge in [0, 0.05) is 6.54 Å². The lowest BCUT2D eigenvalue weighted by Gasteiger charge is -2.29. The molecule has 4 nitrogen and oxygen atoms in total. The van der Waals surface area contributed by atoms with Crippen molar-refractivity contribution in [2.45, 2.75) is 45.6 Å². The van der Waals surface area contributed by atoms with Crippen molar-refractivity contribution in [3.63, 3.8) is 0 Å². The molecule has 4 N–H and O–H groups in total. The van der Waals surface area contributed by atoms with E-state index in [1.165, 1.54) is 0 Å². The maximum absolute atomic E-state index is 11.8. The molecule has 0 radical (unpaired) electrons. The first-order chi connectivity index (χ1) is 7.02. The van der Waals surface area contributed by atoms with E-state index in [2.05, 4.69) is 5.32 Å². The van der Waals surface area contributed by atoms with Crippen LogP contribution in [0.2, 0.25) is 0 Å². The standard InChI is InChI=1S/C11H24N2O2/c1-4-6-9(7-12)10(15)13-11(3,5-2)8-14/h9,14H,4-8,12H2,1-3H3,(H,13,15). The number of hydrogen-bond acceptors (Lipinski definition) is 3. The molecule has 0 spiro atoms. The van der Waals surface area contributed by atoms with Crippen molar-refractivity contribution in [2.75, 3.05) is 13.2 Å². The quantitative estimate of drug-likeness (QED) is 0.584. The monoisotopic (exact) mass is 216 g/mol. The van der Waals surface area contributed by atoms with Crippen LogP contribution in [0.15, 0.2) is 0 Å². The lowest BCUT2D eigenvalue weighted by Crippen LogP contribution is -2.51. The Labute approximate surface area is 92.2 Å². The molecule has 0 saturated carbocycles. The van der Waals surface area contributed by atoms with Gasteiger partial charge in [0.2, 0.25) is 5.91 Å². The average molecular weight is 216 g/mol. The van der Waals surface area contributed by atoms with Gasteiger partial charge in [-0.1, -0.05) is 20.3 Å². The summed E-state index contributed by atoms with van der Waals surface area (Å²) >= 11 is 0. The topological polar surface area (TPSA) is 75.4 Å². The van der Waals surface area contributed by atoms with Crippen molar-refractivity contribution in [3.8, 4) is 0 Å². The molecule has 0 bridgehead atoms. The van der Waals surface area contributed by atoms with Crippen LogP contribution in [-0.4, -0.2) is 29.7 Å². The maximum Gasteiger partial charge on any atom is 0.224 e. The minimum absolute atomic E-state index is 0.0430. The molecule has 0 heterocycles. The van der Waals surface area contributed by atoms with Crippen molar-refractivity contribution in [2.24, 2.45) is 11.7 Å². The van der Waals surface area contributed by atoms with E-state index in [1.54, 1.807) is 0 Å². The van der Waals surface area contributed by atoms with E-state index >= 15 is 0 Å². The molecule has 1 amide bonds. The summed E-state index contributed by atoms with van der Waals surface area (Å²) < 4.78 is 0. The number of amides is 1. The maximum atomic E-state index is 11.8. The van der Waals surface area contributed by atoms with Crippen LogP contribution in [0.3, 0.4) is 0 Å². The van der Waals surface area contributed by atoms with E-state index < -0.39 is 5.54 Å². The summed E-state index contributed by atoms with van der Waals surface area (Å²) in [5.41, 5.74) is 5.02. The van der Waals surface area contributed by atoms with Gasteiger partial charge in [-0.05, 0) is 19.8 Å². The molecular formula is C11H24N2O2. The second-order valence-corrected chi connectivity index (χ2v) is 4.28. The number of rotatable bonds is 7. The lowest BCUT2D eigenvalue weighted by molar-refractivity contribution is -0.127. The lowest BCUT2D eigenvalue weighted by atomic mass is 9.96. The highest BCUT2D eigenvalue weighted by Crippen LogP contribution is 2.11. The zero-order valence-electron chi connectivity index (χ0n) is 10.0. The fourth-order valence-corrected chi connectivity index (χ4v) is 1.34. The van der Waals surface area contributed by atoms with Crippen molar-refractivity contribution in [1.82, 2.24) is 5.32 Å². The Morgan fingerprint density at radius 3 is 2.47 bits per heavy atom. The van der Waals surface area contributed by atoms with Gasteiger partial charge in [0.25, 0.3) is 0 Å². The number of nitrogens with one attached hydrogen (secondary N) is 1. The molecule has 0 rings (SSSR count). The van der Waals surface area contributed by atoms with Crippen LogP contribution in [0.5, 0.6) is 0 Å². The Morgan fingerprint density at radius 1 is 1.53 bits per heavy atom. The van der Waals surface area contributed by atoms with Crippen LogP contribution >= 0.6 is 0 Å². The van der Waals surface area contributed by atoms with Gasteiger partial charge in [0.15, 0.2) is 0 Å². The Balaban J connectivity index is 4.31. The first kappa shape index (κ1) is 14.4. The number of nitrogens with two attached hydrogens (primary N) is 1. The molecule has 0 aliphatic carbocycles. The van der Waals surface area contributed by atoms with Gasteiger partial charge in [-0.3, -0.25) is 4.79 Å². The highest BCUT2D eigenvalue weighted by atomic mass is 16.3. The molecule has 15 heavy (non-hydrogen) atoms. The first-order valence-corrected chi connectivity index (χ1v) is 5.66. The minimum atomic E-state index is -0.516. The largest absolute Gasteiger partial charge is 0.394 e. The molecule has 0 aromatic carbocycles. The molecule has 4 heteroatoms. The van der Waals surface area contributed by atoms with Crippen molar-refractivity contribution < 1.29 is 9.90 Å². The SMILES string of the molecule is CCCC(CN)C(=O)NC(C)(CC)CO. The molecule has 90 valence electrons. The van der Waals surface area contributed by atoms with Gasteiger partial charge in [-0.2, -0.15) is 0 Å². The van der Waals surface area contributed by atoms with Gasteiger partial charge in [0.05, 0.1) is 18.1 Å². The smallest absolute Gasteiger partial charge is 0.224 e. The first-order valence-electron chi connectivity index (χ1n) is 5.66. The Hall–Kier alpha value is -0.610. The molecule has 0 fully saturated rings. The molecule has 0 aromatic rings. The zero-order chi connectivity index (χ0) is 11.9. The van der Waals surface area contributed by atoms with Crippen LogP contribution in [-0.2, 0) is 4.79 Å². The van der Waals surface area contributed by atoms with Gasteiger partial charge >= 0.3 is 0 Å². The number of aliphatic hydroxyl groups is 1. The van der Waals surface area contributed by atoms with Crippen molar-refractivity contribution >= 4 is 5.91 Å². The summed E-state index contributed by atoms with van der Waals surface area (Å²) in [6, 6.07) is 0. The van der Waals surface area contributed by atoms with Crippen LogP contribution in [0.25, 0.3) is 0 Å². The molecule has 0 aliphatic heterocycles. The van der Waals surface area contributed by atoms with E-state index in [4.69, 9.17) is 5.73 Å². The molecule has 0 aromatic heterocycles. The van der Waals surface area contributed by atoms with E-state index in [9.17, 15) is 9.90 Å². The van der Waals surface area contributed by atoms with Crippen LogP contribution in [0.4, 0.5) is 0 Å². The number of aliphatic hydroxyl groups excluding tert-OH is 1. The zero-order valence-corrected chi connectivity index (χ0v) is 10.0. The van der Waals surface area contributed by atoms with Gasteiger partial charge < -0.3 is 16.2 Å². The third-order valence-electron chi connectivity index (χ3n) is 2.85. The van der Waals surface area contributed by atoms with Crippen molar-refractivity contribution in [3.05, 3.63) is 0 Å². The molecule has 0 aliphatic rings. The second kappa shape index (κ2) is 6.80. The normalized spacial score (nSPS) is 16.9. The third-order valence-corrected chi connectivity index (χ3v) is 2.85. The summed E-state index contributed by atoms with van der Waals surface area (Å²) in [6.07, 6.45) is 2.45. The molecule has 2 unspecified atom stereocenters. The van der Waals surface area contributed by atoms with Crippen LogP contribution in [0.1, 0.15) is 40.0 Å². The molecular weight excluding hydrogens is 192 g/mol. The van der Waals surface area contributed by atoms with E-state index in [0.717, 1.165) is 12.8 Å². The van der Waals surface area contributed by atoms with Gasteiger partial charge in [-0.25, -0.2) is 0 Å². The Kier molecular flexibility index (Phi) is 6.52. The number of hydrogen-bond donors (Lipinski definition) is 3. The fraction of sp³-hybridized carbons (Fsp3) is 0.909. The molecule has 2 atom stereocenters. The number of carbonyl (C=O) groups is 1. The average Bonchev–Trinajstić information content (AvgIpc) is 2.25. The van der Waals surface area contributed by atoms with Crippen LogP contribution < -0.4 is 11.1 Å². The fourth-order valence-electron chi connectivity index (χ4n) is 1.34. The van der Waals surface area contributed by atoms with E-state index in [-0.39, 0.29) is 18.4 Å². The second-order valence-electron chi connectivity index (χ2n) is 4.28. The third kappa shape index (κ3) is 4.62. The highest BCUT2D eigenvalue weighted by Gasteiger charge is 2.26. The summed E-state index contributed by atoms with van der Waals surface area (Å²) in [7, 11) is 0. The Bertz CT molecular complexity index is 191. The van der Waals surface area contributed by atoms with E-state index in [0.29, 0.717) is 13.0 Å².